The van der Waals surface area contributed by atoms with E-state index in [4.69, 9.17) is 21.7 Å². The van der Waals surface area contributed by atoms with Crippen LogP contribution in [0.1, 0.15) is 5.56 Å². The van der Waals surface area contributed by atoms with Crippen LogP contribution in [-0.2, 0) is 19.1 Å². The highest BCUT2D eigenvalue weighted by atomic mass is 79.9. The summed E-state index contributed by atoms with van der Waals surface area (Å²) in [6.07, 6.45) is 1.48. The van der Waals surface area contributed by atoms with Crippen LogP contribution in [0.4, 0.5) is 0 Å². The van der Waals surface area contributed by atoms with E-state index in [1.807, 2.05) is 0 Å². The van der Waals surface area contributed by atoms with Crippen LogP contribution >= 0.6 is 28.1 Å². The Balaban J connectivity index is 1.68. The number of carbonyl (C=O) groups is 3. The lowest BCUT2D eigenvalue weighted by Crippen LogP contribution is -2.52. The molecule has 148 valence electrons. The van der Waals surface area contributed by atoms with Gasteiger partial charge in [-0.2, -0.15) is 0 Å². The largest absolute Gasteiger partial charge is 0.483 e. The average molecular weight is 468 g/mol. The molecule has 0 unspecified atom stereocenters. The zero-order valence-corrected chi connectivity index (χ0v) is 17.5. The number of benzene rings is 1. The first kappa shape index (κ1) is 20.4. The molecule has 3 rings (SSSR count). The van der Waals surface area contributed by atoms with E-state index < -0.39 is 11.8 Å². The summed E-state index contributed by atoms with van der Waals surface area (Å²) < 4.78 is 11.4. The molecule has 0 aromatic heterocycles. The topological polar surface area (TPSA) is 88.2 Å². The van der Waals surface area contributed by atoms with Crippen molar-refractivity contribution in [2.45, 2.75) is 0 Å². The van der Waals surface area contributed by atoms with Gasteiger partial charge in [-0.3, -0.25) is 24.6 Å². The molecule has 1 aromatic rings. The van der Waals surface area contributed by atoms with Crippen molar-refractivity contribution in [1.82, 2.24) is 15.1 Å². The number of hydrogen-bond acceptors (Lipinski definition) is 6. The summed E-state index contributed by atoms with van der Waals surface area (Å²) in [6.45, 7) is 2.10. The Hall–Kier alpha value is -2.30. The van der Waals surface area contributed by atoms with Gasteiger partial charge < -0.3 is 14.4 Å². The predicted octanol–water partition coefficient (Wildman–Crippen LogP) is 0.943. The van der Waals surface area contributed by atoms with E-state index in [1.54, 1.807) is 23.1 Å². The molecule has 28 heavy (non-hydrogen) atoms. The highest BCUT2D eigenvalue weighted by Gasteiger charge is 2.30. The molecule has 0 saturated carbocycles. The Labute approximate surface area is 175 Å². The lowest BCUT2D eigenvalue weighted by molar-refractivity contribution is -0.137. The third kappa shape index (κ3) is 4.57. The van der Waals surface area contributed by atoms with Crippen LogP contribution in [0.15, 0.2) is 28.2 Å². The van der Waals surface area contributed by atoms with Gasteiger partial charge in [0.05, 0.1) is 17.7 Å². The van der Waals surface area contributed by atoms with Gasteiger partial charge in [-0.25, -0.2) is 0 Å². The van der Waals surface area contributed by atoms with Gasteiger partial charge in [0.25, 0.3) is 17.7 Å². The number of nitrogens with zero attached hydrogens (tertiary/aromatic N) is 2. The van der Waals surface area contributed by atoms with Gasteiger partial charge in [0, 0.05) is 20.1 Å². The van der Waals surface area contributed by atoms with Crippen molar-refractivity contribution in [1.29, 1.82) is 0 Å². The Morgan fingerprint density at radius 3 is 2.75 bits per heavy atom. The van der Waals surface area contributed by atoms with Crippen LogP contribution in [-0.4, -0.2) is 72.6 Å². The molecule has 0 aliphatic carbocycles. The summed E-state index contributed by atoms with van der Waals surface area (Å²) in [5.41, 5.74) is 0.609. The molecule has 2 fully saturated rings. The van der Waals surface area contributed by atoms with Crippen molar-refractivity contribution in [2.24, 2.45) is 0 Å². The molecular formula is C18H18BrN3O5S. The molecule has 2 saturated heterocycles. The number of likely N-dealkylation sites (N-methyl/N-ethyl adjacent to an activating group) is 1. The molecule has 1 aromatic carbocycles. The fourth-order valence-electron chi connectivity index (χ4n) is 2.68. The number of amides is 3. The SMILES string of the molecule is CN1C(=O)/C(=C/c2ccc(OCC(=O)N3CCOCC3)c(Br)c2)C(=O)NC1=S. The Morgan fingerprint density at radius 2 is 2.07 bits per heavy atom. The summed E-state index contributed by atoms with van der Waals surface area (Å²) in [5.74, 6) is -0.631. The van der Waals surface area contributed by atoms with Crippen LogP contribution in [0.5, 0.6) is 5.75 Å². The second kappa shape index (κ2) is 8.80. The van der Waals surface area contributed by atoms with Crippen molar-refractivity contribution in [3.8, 4) is 5.75 Å². The van der Waals surface area contributed by atoms with Gasteiger partial charge >= 0.3 is 0 Å². The number of ether oxygens (including phenoxy) is 2. The molecule has 10 heteroatoms. The van der Waals surface area contributed by atoms with Crippen molar-refractivity contribution < 1.29 is 23.9 Å². The van der Waals surface area contributed by atoms with Gasteiger partial charge in [-0.15, -0.1) is 0 Å². The first-order valence-corrected chi connectivity index (χ1v) is 9.70. The minimum Gasteiger partial charge on any atom is -0.483 e. The molecule has 2 aliphatic heterocycles. The Kier molecular flexibility index (Phi) is 6.42. The highest BCUT2D eigenvalue weighted by molar-refractivity contribution is 9.10. The first-order valence-electron chi connectivity index (χ1n) is 8.50. The average Bonchev–Trinajstić information content (AvgIpc) is 2.69. The molecular weight excluding hydrogens is 450 g/mol. The van der Waals surface area contributed by atoms with E-state index in [9.17, 15) is 14.4 Å². The van der Waals surface area contributed by atoms with Crippen molar-refractivity contribution >= 4 is 57.1 Å². The molecule has 3 amide bonds. The van der Waals surface area contributed by atoms with Crippen molar-refractivity contribution in [3.63, 3.8) is 0 Å². The highest BCUT2D eigenvalue weighted by Crippen LogP contribution is 2.27. The van der Waals surface area contributed by atoms with Crippen LogP contribution in [0.25, 0.3) is 6.08 Å². The van der Waals surface area contributed by atoms with Gasteiger partial charge in [0.15, 0.2) is 11.7 Å². The molecule has 0 atom stereocenters. The molecule has 2 heterocycles. The molecule has 0 spiro atoms. The van der Waals surface area contributed by atoms with E-state index >= 15 is 0 Å². The maximum atomic E-state index is 12.3. The second-order valence-corrected chi connectivity index (χ2v) is 7.39. The van der Waals surface area contributed by atoms with Gasteiger partial charge in [-0.05, 0) is 51.9 Å². The monoisotopic (exact) mass is 467 g/mol. The summed E-state index contributed by atoms with van der Waals surface area (Å²) in [6, 6.07) is 5.07. The third-order valence-electron chi connectivity index (χ3n) is 4.29. The number of rotatable bonds is 4. The number of morpholine rings is 1. The van der Waals surface area contributed by atoms with E-state index in [2.05, 4.69) is 21.2 Å². The van der Waals surface area contributed by atoms with Gasteiger partial charge in [0.1, 0.15) is 11.3 Å². The van der Waals surface area contributed by atoms with Crippen molar-refractivity contribution in [3.05, 3.63) is 33.8 Å². The minimum atomic E-state index is -0.541. The summed E-state index contributed by atoms with van der Waals surface area (Å²) in [5, 5.41) is 2.53. The number of carbonyl (C=O) groups excluding carboxylic acids is 3. The number of nitrogens with one attached hydrogen (secondary N) is 1. The predicted molar refractivity (Wildman–Crippen MR) is 109 cm³/mol. The van der Waals surface area contributed by atoms with Crippen LogP contribution < -0.4 is 10.1 Å². The number of halogens is 1. The molecule has 2 aliphatic rings. The quantitative estimate of drug-likeness (QED) is 0.402. The number of thiocarbonyl (C=S) groups is 1. The van der Waals surface area contributed by atoms with Gasteiger partial charge in [0.2, 0.25) is 0 Å². The second-order valence-electron chi connectivity index (χ2n) is 6.15. The zero-order valence-electron chi connectivity index (χ0n) is 15.1. The third-order valence-corrected chi connectivity index (χ3v) is 5.28. The fourth-order valence-corrected chi connectivity index (χ4v) is 3.37. The maximum absolute atomic E-state index is 12.3. The molecule has 0 radical (unpaired) electrons. The first-order chi connectivity index (χ1) is 13.4. The zero-order chi connectivity index (χ0) is 20.3. The Bertz CT molecular complexity index is 867. The summed E-state index contributed by atoms with van der Waals surface area (Å²) in [7, 11) is 1.50. The smallest absolute Gasteiger partial charge is 0.265 e. The van der Waals surface area contributed by atoms with E-state index in [0.717, 1.165) is 0 Å². The molecule has 8 nitrogen and oxygen atoms in total. The Morgan fingerprint density at radius 1 is 1.36 bits per heavy atom. The van der Waals surface area contributed by atoms with Crippen LogP contribution in [0.3, 0.4) is 0 Å². The molecule has 0 bridgehead atoms. The van der Waals surface area contributed by atoms with Gasteiger partial charge in [-0.1, -0.05) is 6.07 Å². The maximum Gasteiger partial charge on any atom is 0.265 e. The van der Waals surface area contributed by atoms with Crippen LogP contribution in [0.2, 0.25) is 0 Å². The fraction of sp³-hybridized carbons (Fsp3) is 0.333. The lowest BCUT2D eigenvalue weighted by Gasteiger charge is -2.26. The lowest BCUT2D eigenvalue weighted by atomic mass is 10.1. The van der Waals surface area contributed by atoms with Crippen molar-refractivity contribution in [2.75, 3.05) is 40.0 Å². The normalized spacial score (nSPS) is 19.1. The van der Waals surface area contributed by atoms with E-state index in [1.165, 1.54) is 18.0 Å². The van der Waals surface area contributed by atoms with E-state index in [0.29, 0.717) is 42.1 Å². The summed E-state index contributed by atoms with van der Waals surface area (Å²) >= 11 is 8.31. The number of hydrogen-bond donors (Lipinski definition) is 1. The standard InChI is InChI=1S/C18H18BrN3O5S/c1-21-17(25)12(16(24)20-18(21)28)8-11-2-3-14(13(19)9-11)27-10-15(23)22-4-6-26-7-5-22/h2-3,8-9H,4-7,10H2,1H3,(H,20,24,28)/b12-8+. The minimum absolute atomic E-state index is 0.0147. The summed E-state index contributed by atoms with van der Waals surface area (Å²) in [4.78, 5) is 39.4. The van der Waals surface area contributed by atoms with E-state index in [-0.39, 0.29) is 23.2 Å². The van der Waals surface area contributed by atoms with Crippen LogP contribution in [0, 0.1) is 0 Å². The molecule has 1 N–H and O–H groups in total.